The number of hydrogen-bond acceptors (Lipinski definition) is 8. The van der Waals surface area contributed by atoms with Gasteiger partial charge in [-0.1, -0.05) is 42.0 Å². The zero-order valence-corrected chi connectivity index (χ0v) is 38.7. The van der Waals surface area contributed by atoms with Gasteiger partial charge in [0.15, 0.2) is 0 Å². The van der Waals surface area contributed by atoms with Gasteiger partial charge in [0.05, 0.1) is 24.5 Å². The molecule has 4 aromatic carbocycles. The molecule has 66 heavy (non-hydrogen) atoms. The van der Waals surface area contributed by atoms with Crippen molar-refractivity contribution in [3.05, 3.63) is 153 Å². The number of aromatic nitrogens is 2. The Hall–Kier alpha value is -6.85. The molecule has 3 aliphatic rings. The zero-order chi connectivity index (χ0) is 45.5. The Morgan fingerprint density at radius 3 is 2.21 bits per heavy atom. The van der Waals surface area contributed by atoms with Crippen molar-refractivity contribution in [1.29, 1.82) is 5.26 Å². The molecule has 0 unspecified atom stereocenters. The second kappa shape index (κ2) is 18.9. The molecule has 5 heterocycles. The highest BCUT2D eigenvalue weighted by Gasteiger charge is 2.36. The summed E-state index contributed by atoms with van der Waals surface area (Å²) in [7, 11) is 3.69. The van der Waals surface area contributed by atoms with Crippen LogP contribution in [0.3, 0.4) is 0 Å². The van der Waals surface area contributed by atoms with Crippen LogP contribution < -0.4 is 9.64 Å². The van der Waals surface area contributed by atoms with E-state index >= 15 is 9.59 Å². The van der Waals surface area contributed by atoms with E-state index in [1.54, 1.807) is 51.7 Å². The van der Waals surface area contributed by atoms with Crippen LogP contribution in [0.1, 0.15) is 65.6 Å². The quantitative estimate of drug-likeness (QED) is 0.161. The minimum atomic E-state index is -0.454. The highest BCUT2D eigenvalue weighted by atomic mass is 35.5. The number of nitrogens with zero attached hydrogens (tertiary/aromatic N) is 7. The predicted molar refractivity (Wildman–Crippen MR) is 255 cm³/mol. The molecule has 14 heteroatoms. The second-order valence-corrected chi connectivity index (χ2v) is 17.4. The highest BCUT2D eigenvalue weighted by Crippen LogP contribution is 2.38. The van der Waals surface area contributed by atoms with Crippen molar-refractivity contribution < 1.29 is 29.0 Å². The molecule has 13 nitrogen and oxygen atoms in total. The number of carbonyl (C=O) groups excluding carboxylic acids is 3. The van der Waals surface area contributed by atoms with Crippen LogP contribution in [0.2, 0.25) is 0 Å². The van der Waals surface area contributed by atoms with Crippen molar-refractivity contribution in [1.82, 2.24) is 23.8 Å². The van der Waals surface area contributed by atoms with Crippen LogP contribution in [-0.4, -0.2) is 92.3 Å². The number of aromatic hydroxyl groups is 1. The lowest BCUT2D eigenvalue weighted by Gasteiger charge is -2.41. The first kappa shape index (κ1) is 45.7. The van der Waals surface area contributed by atoms with Gasteiger partial charge < -0.3 is 33.5 Å². The van der Waals surface area contributed by atoms with Crippen LogP contribution in [0.25, 0.3) is 11.3 Å². The van der Waals surface area contributed by atoms with Gasteiger partial charge in [0.25, 0.3) is 11.8 Å². The topological polar surface area (TPSA) is 137 Å². The zero-order valence-electron chi connectivity index (χ0n) is 37.9. The minimum absolute atomic E-state index is 0. The average molecular weight is 908 g/mol. The third kappa shape index (κ3) is 8.79. The Morgan fingerprint density at radius 1 is 0.803 bits per heavy atom. The van der Waals surface area contributed by atoms with Crippen molar-refractivity contribution in [3.63, 3.8) is 0 Å². The average Bonchev–Trinajstić information content (AvgIpc) is 3.78. The van der Waals surface area contributed by atoms with E-state index in [9.17, 15) is 15.2 Å². The Kier molecular flexibility index (Phi) is 13.1. The van der Waals surface area contributed by atoms with E-state index in [1.165, 1.54) is 17.7 Å². The fourth-order valence-corrected chi connectivity index (χ4v) is 9.43. The normalized spacial score (nSPS) is 15.8. The molecule has 0 radical (unpaired) electrons. The van der Waals surface area contributed by atoms with Gasteiger partial charge in [-0.15, -0.1) is 12.4 Å². The number of phenols is 1. The van der Waals surface area contributed by atoms with E-state index in [4.69, 9.17) is 9.47 Å². The molecule has 1 atom stereocenters. The summed E-state index contributed by atoms with van der Waals surface area (Å²) in [5.41, 5.74) is 10.4. The molecule has 6 aromatic rings. The van der Waals surface area contributed by atoms with Crippen LogP contribution in [-0.2, 0) is 44.8 Å². The van der Waals surface area contributed by atoms with Crippen molar-refractivity contribution >= 4 is 41.7 Å². The maximum Gasteiger partial charge on any atom is 0.415 e. The van der Waals surface area contributed by atoms with Crippen molar-refractivity contribution in [2.45, 2.75) is 52.7 Å². The molecule has 340 valence electrons. The molecule has 9 rings (SSSR count). The van der Waals surface area contributed by atoms with Gasteiger partial charge >= 0.3 is 6.09 Å². The summed E-state index contributed by atoms with van der Waals surface area (Å²) in [5.74, 6) is 0.0639. The fraction of sp³-hybridized carbons (Fsp3) is 0.308. The van der Waals surface area contributed by atoms with Crippen LogP contribution >= 0.6 is 12.4 Å². The summed E-state index contributed by atoms with van der Waals surface area (Å²) < 4.78 is 15.2. The Morgan fingerprint density at radius 2 is 1.52 bits per heavy atom. The number of anilines is 2. The third-order valence-electron chi connectivity index (χ3n) is 13.5. The molecule has 0 spiro atoms. The Labute approximate surface area is 391 Å². The van der Waals surface area contributed by atoms with E-state index in [2.05, 4.69) is 35.2 Å². The lowest BCUT2D eigenvalue weighted by molar-refractivity contribution is 0.0193. The van der Waals surface area contributed by atoms with Gasteiger partial charge in [0, 0.05) is 93.3 Å². The van der Waals surface area contributed by atoms with Gasteiger partial charge in [0.1, 0.15) is 23.3 Å². The highest BCUT2D eigenvalue weighted by molar-refractivity contribution is 6.13. The van der Waals surface area contributed by atoms with Crippen LogP contribution in [0.5, 0.6) is 11.5 Å². The number of nitriles is 1. The number of morpholine rings is 1. The first-order valence-electron chi connectivity index (χ1n) is 22.1. The summed E-state index contributed by atoms with van der Waals surface area (Å²) in [5, 5.41) is 20.1. The van der Waals surface area contributed by atoms with Gasteiger partial charge in [-0.05, 0) is 117 Å². The van der Waals surface area contributed by atoms with E-state index in [-0.39, 0.29) is 42.6 Å². The van der Waals surface area contributed by atoms with E-state index < -0.39 is 6.09 Å². The number of fused-ring (bicyclic) bond motifs is 2. The van der Waals surface area contributed by atoms with Crippen molar-refractivity contribution in [3.8, 4) is 28.8 Å². The molecule has 0 saturated carbocycles. The molecule has 1 fully saturated rings. The lowest BCUT2D eigenvalue weighted by Crippen LogP contribution is -2.52. The van der Waals surface area contributed by atoms with Gasteiger partial charge in [-0.3, -0.25) is 19.4 Å². The van der Waals surface area contributed by atoms with Crippen LogP contribution in [0.4, 0.5) is 16.2 Å². The maximum atomic E-state index is 15.6. The second-order valence-electron chi connectivity index (χ2n) is 17.4. The molecule has 0 aliphatic carbocycles. The molecular formula is C52H54ClN7O6. The number of phenolic OH excluding ortho intramolecular Hbond substituents is 1. The predicted octanol–water partition coefficient (Wildman–Crippen LogP) is 8.39. The van der Waals surface area contributed by atoms with E-state index in [1.807, 2.05) is 67.6 Å². The molecular weight excluding hydrogens is 854 g/mol. The molecule has 1 N–H and O–H groups in total. The largest absolute Gasteiger partial charge is 0.508 e. The van der Waals surface area contributed by atoms with Crippen molar-refractivity contribution in [2.75, 3.05) is 44.3 Å². The van der Waals surface area contributed by atoms with Gasteiger partial charge in [-0.2, -0.15) is 5.26 Å². The first-order valence-corrected chi connectivity index (χ1v) is 22.1. The first-order chi connectivity index (χ1) is 31.4. The summed E-state index contributed by atoms with van der Waals surface area (Å²) in [6.07, 6.45) is 0.790. The number of rotatable bonds is 8. The number of halogens is 1. The van der Waals surface area contributed by atoms with Crippen molar-refractivity contribution in [2.24, 2.45) is 14.1 Å². The number of amides is 3. The summed E-state index contributed by atoms with van der Waals surface area (Å²) in [6, 6.07) is 31.8. The lowest BCUT2D eigenvalue weighted by atomic mass is 9.89. The molecule has 3 aliphatic heterocycles. The smallest absolute Gasteiger partial charge is 0.415 e. The van der Waals surface area contributed by atoms with E-state index in [0.717, 1.165) is 35.3 Å². The van der Waals surface area contributed by atoms with Gasteiger partial charge in [-0.25, -0.2) is 4.79 Å². The molecule has 2 aromatic heterocycles. The number of carbonyl (C=O) groups is 3. The monoisotopic (exact) mass is 907 g/mol. The SMILES string of the molecule is Cc1ccc(OC(=O)N2CCc3cc(-c4cc(C(=O)N(c5ccc(O)cc5)c5cc(C#N)n(C)c5C)c(C)n4C)c(C(=O)N4Cc5ccccc5C[C@H]4CN4CCOCC4)cc3C2)cc1.Cl. The number of benzene rings is 4. The third-order valence-corrected chi connectivity index (χ3v) is 13.5. The fourth-order valence-electron chi connectivity index (χ4n) is 9.43. The molecule has 3 amide bonds. The Bertz CT molecular complexity index is 2860. The summed E-state index contributed by atoms with van der Waals surface area (Å²) >= 11 is 0. The Balaban J connectivity index is 0.00000592. The number of ether oxygens (including phenoxy) is 2. The number of aryl methyl sites for hydroxylation is 1. The summed E-state index contributed by atoms with van der Waals surface area (Å²) in [4.78, 5) is 52.0. The van der Waals surface area contributed by atoms with E-state index in [0.29, 0.717) is 102 Å². The standard InChI is InChI=1S/C52H53N7O6.ClH/c1-33-10-16-44(17-11-33)65-52(63)57-19-18-37-25-46(47(26-39(37)30-57)50(61)58-31-38-9-7-6-8-36(38)24-42(58)32-56-20-22-64-23-21-56)49-28-45(34(2)55(49)5)51(62)59(40-12-14-43(60)15-13-40)48-27-41(29-53)54(4)35(48)3;/h6-17,25-28,42,60H,18-24,30-32H2,1-5H3;1H/t42-;/m0./s1. The number of hydrogen-bond donors (Lipinski definition) is 1. The molecule has 1 saturated heterocycles. The molecule has 0 bridgehead atoms. The minimum Gasteiger partial charge on any atom is -0.508 e. The summed E-state index contributed by atoms with van der Waals surface area (Å²) in [6.45, 7) is 10.4. The van der Waals surface area contributed by atoms with Crippen LogP contribution in [0.15, 0.2) is 97.1 Å². The maximum absolute atomic E-state index is 15.6. The van der Waals surface area contributed by atoms with Crippen LogP contribution in [0, 0.1) is 32.1 Å². The van der Waals surface area contributed by atoms with Gasteiger partial charge in [0.2, 0.25) is 0 Å².